The van der Waals surface area contributed by atoms with E-state index in [4.69, 9.17) is 0 Å². The fourth-order valence-electron chi connectivity index (χ4n) is 1.87. The molecule has 2 nitrogen and oxygen atoms in total. The molecule has 0 heterocycles. The molecule has 0 aliphatic carbocycles. The molecule has 4 heteroatoms. The van der Waals surface area contributed by atoms with Crippen LogP contribution in [-0.2, 0) is 6.54 Å². The molecule has 1 aromatic rings. The van der Waals surface area contributed by atoms with Crippen molar-refractivity contribution in [3.63, 3.8) is 0 Å². The zero-order valence-corrected chi connectivity index (χ0v) is 12.8. The Morgan fingerprint density at radius 1 is 1.28 bits per heavy atom. The van der Waals surface area contributed by atoms with E-state index in [9.17, 15) is 4.39 Å². The Balaban J connectivity index is 2.23. The molecule has 0 saturated heterocycles. The highest BCUT2D eigenvalue weighted by Gasteiger charge is 2.02. The van der Waals surface area contributed by atoms with Gasteiger partial charge in [0.05, 0.1) is 0 Å². The molecule has 0 fully saturated rings. The lowest BCUT2D eigenvalue weighted by Gasteiger charge is -2.17. The molecule has 0 bridgehead atoms. The van der Waals surface area contributed by atoms with Crippen LogP contribution in [-0.4, -0.2) is 31.1 Å². The van der Waals surface area contributed by atoms with Crippen LogP contribution in [0.1, 0.15) is 25.8 Å². The van der Waals surface area contributed by atoms with E-state index in [0.29, 0.717) is 6.54 Å². The van der Waals surface area contributed by atoms with Crippen LogP contribution in [0.5, 0.6) is 0 Å². The van der Waals surface area contributed by atoms with Crippen LogP contribution < -0.4 is 5.32 Å². The van der Waals surface area contributed by atoms with E-state index in [0.717, 1.165) is 42.6 Å². The van der Waals surface area contributed by atoms with E-state index in [-0.39, 0.29) is 5.82 Å². The first-order chi connectivity index (χ1) is 8.67. The predicted molar refractivity (Wildman–Crippen MR) is 78.2 cm³/mol. The number of benzene rings is 1. The van der Waals surface area contributed by atoms with Crippen LogP contribution in [0, 0.1) is 5.82 Å². The van der Waals surface area contributed by atoms with E-state index in [1.165, 1.54) is 6.07 Å². The lowest BCUT2D eigenvalue weighted by atomic mass is 10.2. The maximum atomic E-state index is 13.1. The van der Waals surface area contributed by atoms with Crippen LogP contribution in [0.3, 0.4) is 0 Å². The fraction of sp³-hybridized carbons (Fsp3) is 0.571. The molecule has 0 aliphatic rings. The van der Waals surface area contributed by atoms with Gasteiger partial charge in [-0.3, -0.25) is 0 Å². The van der Waals surface area contributed by atoms with E-state index < -0.39 is 0 Å². The highest BCUT2D eigenvalue weighted by Crippen LogP contribution is 2.17. The summed E-state index contributed by atoms with van der Waals surface area (Å²) >= 11 is 3.43. The Labute approximate surface area is 118 Å². The van der Waals surface area contributed by atoms with Crippen molar-refractivity contribution in [3.8, 4) is 0 Å². The quantitative estimate of drug-likeness (QED) is 0.739. The number of nitrogens with one attached hydrogen (secondary N) is 1. The van der Waals surface area contributed by atoms with Crippen molar-refractivity contribution in [3.05, 3.63) is 34.1 Å². The van der Waals surface area contributed by atoms with Gasteiger partial charge in [-0.2, -0.15) is 0 Å². The van der Waals surface area contributed by atoms with Gasteiger partial charge in [-0.15, -0.1) is 0 Å². The average molecular weight is 317 g/mol. The van der Waals surface area contributed by atoms with E-state index in [1.807, 2.05) is 0 Å². The Morgan fingerprint density at radius 3 is 2.67 bits per heavy atom. The predicted octanol–water partition coefficient (Wildman–Crippen LogP) is 3.41. The maximum Gasteiger partial charge on any atom is 0.123 e. The van der Waals surface area contributed by atoms with Gasteiger partial charge in [0.15, 0.2) is 0 Å². The summed E-state index contributed by atoms with van der Waals surface area (Å²) in [7, 11) is 0. The van der Waals surface area contributed by atoms with Crippen molar-refractivity contribution < 1.29 is 4.39 Å². The largest absolute Gasteiger partial charge is 0.313 e. The third kappa shape index (κ3) is 5.46. The SMILES string of the molecule is CCN(CC)CCCNCc1cc(F)ccc1Br. The Kier molecular flexibility index (Phi) is 7.47. The number of halogens is 2. The van der Waals surface area contributed by atoms with Gasteiger partial charge in [0.2, 0.25) is 0 Å². The summed E-state index contributed by atoms with van der Waals surface area (Å²) in [4.78, 5) is 2.40. The lowest BCUT2D eigenvalue weighted by molar-refractivity contribution is 0.298. The number of hydrogen-bond donors (Lipinski definition) is 1. The van der Waals surface area contributed by atoms with Crippen LogP contribution in [0.2, 0.25) is 0 Å². The van der Waals surface area contributed by atoms with Gasteiger partial charge in [0.25, 0.3) is 0 Å². The molecule has 1 rings (SSSR count). The van der Waals surface area contributed by atoms with E-state index in [2.05, 4.69) is 40.0 Å². The maximum absolute atomic E-state index is 13.1. The summed E-state index contributed by atoms with van der Waals surface area (Å²) in [6.07, 6.45) is 1.12. The molecule has 0 spiro atoms. The molecule has 0 aromatic heterocycles. The van der Waals surface area contributed by atoms with Crippen LogP contribution in [0.25, 0.3) is 0 Å². The summed E-state index contributed by atoms with van der Waals surface area (Å²) in [5, 5.41) is 3.35. The third-order valence-electron chi connectivity index (χ3n) is 3.05. The first-order valence-electron chi connectivity index (χ1n) is 6.54. The Morgan fingerprint density at radius 2 is 2.00 bits per heavy atom. The fourth-order valence-corrected chi connectivity index (χ4v) is 2.26. The highest BCUT2D eigenvalue weighted by molar-refractivity contribution is 9.10. The van der Waals surface area contributed by atoms with Crippen LogP contribution >= 0.6 is 15.9 Å². The Hall–Kier alpha value is -0.450. The summed E-state index contributed by atoms with van der Waals surface area (Å²) in [6, 6.07) is 4.79. The number of rotatable bonds is 8. The average Bonchev–Trinajstić information content (AvgIpc) is 2.38. The molecule has 0 radical (unpaired) electrons. The summed E-state index contributed by atoms with van der Waals surface area (Å²) in [6.45, 7) is 9.35. The highest BCUT2D eigenvalue weighted by atomic mass is 79.9. The van der Waals surface area contributed by atoms with Crippen molar-refractivity contribution >= 4 is 15.9 Å². The molecule has 0 amide bonds. The lowest BCUT2D eigenvalue weighted by Crippen LogP contribution is -2.27. The van der Waals surface area contributed by atoms with Crippen LogP contribution in [0.15, 0.2) is 22.7 Å². The molecular weight excluding hydrogens is 295 g/mol. The topological polar surface area (TPSA) is 15.3 Å². The molecule has 0 saturated carbocycles. The minimum absolute atomic E-state index is 0.182. The monoisotopic (exact) mass is 316 g/mol. The minimum Gasteiger partial charge on any atom is -0.313 e. The molecule has 0 atom stereocenters. The Bertz CT molecular complexity index is 354. The second-order valence-electron chi connectivity index (χ2n) is 4.29. The van der Waals surface area contributed by atoms with Crippen molar-refractivity contribution in [2.45, 2.75) is 26.8 Å². The summed E-state index contributed by atoms with van der Waals surface area (Å²) in [5.74, 6) is -0.182. The van der Waals surface area contributed by atoms with Crippen LogP contribution in [0.4, 0.5) is 4.39 Å². The molecule has 0 unspecified atom stereocenters. The molecule has 18 heavy (non-hydrogen) atoms. The summed E-state index contributed by atoms with van der Waals surface area (Å²) < 4.78 is 14.0. The van der Waals surface area contributed by atoms with Gasteiger partial charge in [0, 0.05) is 11.0 Å². The van der Waals surface area contributed by atoms with Crippen molar-refractivity contribution in [1.29, 1.82) is 0 Å². The second kappa shape index (κ2) is 8.62. The van der Waals surface area contributed by atoms with Crippen molar-refractivity contribution in [1.82, 2.24) is 10.2 Å². The standard InChI is InChI=1S/C14H22BrFN2/c1-3-18(4-2)9-5-8-17-11-12-10-13(16)6-7-14(12)15/h6-7,10,17H,3-5,8-9,11H2,1-2H3. The van der Waals surface area contributed by atoms with Gasteiger partial charge in [-0.05, 0) is 56.4 Å². The van der Waals surface area contributed by atoms with Crippen molar-refractivity contribution in [2.75, 3.05) is 26.2 Å². The molecule has 1 aromatic carbocycles. The van der Waals surface area contributed by atoms with Gasteiger partial charge < -0.3 is 10.2 Å². The second-order valence-corrected chi connectivity index (χ2v) is 5.15. The molecule has 1 N–H and O–H groups in total. The zero-order valence-electron chi connectivity index (χ0n) is 11.2. The number of nitrogens with zero attached hydrogens (tertiary/aromatic N) is 1. The zero-order chi connectivity index (χ0) is 13.4. The van der Waals surface area contributed by atoms with Crippen molar-refractivity contribution in [2.24, 2.45) is 0 Å². The molecular formula is C14H22BrFN2. The van der Waals surface area contributed by atoms with Gasteiger partial charge >= 0.3 is 0 Å². The first-order valence-corrected chi connectivity index (χ1v) is 7.33. The smallest absolute Gasteiger partial charge is 0.123 e. The summed E-state index contributed by atoms with van der Waals surface area (Å²) in [5.41, 5.74) is 0.970. The molecule has 0 aliphatic heterocycles. The molecule has 102 valence electrons. The third-order valence-corrected chi connectivity index (χ3v) is 3.82. The van der Waals surface area contributed by atoms with Gasteiger partial charge in [-0.25, -0.2) is 4.39 Å². The normalized spacial score (nSPS) is 11.2. The van der Waals surface area contributed by atoms with E-state index >= 15 is 0 Å². The van der Waals surface area contributed by atoms with E-state index in [1.54, 1.807) is 12.1 Å². The minimum atomic E-state index is -0.182. The first kappa shape index (κ1) is 15.6. The van der Waals surface area contributed by atoms with Gasteiger partial charge in [-0.1, -0.05) is 29.8 Å². The van der Waals surface area contributed by atoms with Gasteiger partial charge in [0.1, 0.15) is 5.82 Å². The number of hydrogen-bond acceptors (Lipinski definition) is 2.